The summed E-state index contributed by atoms with van der Waals surface area (Å²) < 4.78 is 12.4. The second kappa shape index (κ2) is 4.28. The van der Waals surface area contributed by atoms with Crippen molar-refractivity contribution in [2.75, 3.05) is 5.32 Å². The molecule has 0 aromatic heterocycles. The molecule has 1 atom stereocenters. The molecule has 1 amide bonds. The molecule has 1 rings (SSSR count). The minimum absolute atomic E-state index is 0.576. The van der Waals surface area contributed by atoms with Crippen molar-refractivity contribution in [2.45, 2.75) is 18.0 Å². The lowest BCUT2D eigenvalue weighted by Gasteiger charge is -2.05. The maximum absolute atomic E-state index is 12.4. The van der Waals surface area contributed by atoms with Crippen LogP contribution in [0.1, 0.15) is 6.92 Å². The molecule has 0 heterocycles. The molecule has 4 heteroatoms. The van der Waals surface area contributed by atoms with E-state index in [0.717, 1.165) is 4.90 Å². The fraction of sp³-hybridized carbons (Fsp3) is 0.222. The molecule has 0 aliphatic carbocycles. The number of hydrogen-bond acceptors (Lipinski definition) is 2. The van der Waals surface area contributed by atoms with Gasteiger partial charge in [-0.15, -0.1) is 12.6 Å². The van der Waals surface area contributed by atoms with Crippen LogP contribution in [0.25, 0.3) is 0 Å². The van der Waals surface area contributed by atoms with Crippen LogP contribution in [0.4, 0.5) is 10.1 Å². The van der Waals surface area contributed by atoms with Crippen LogP contribution in [-0.4, -0.2) is 12.1 Å². The van der Waals surface area contributed by atoms with Gasteiger partial charge in [0.15, 0.2) is 6.17 Å². The van der Waals surface area contributed by atoms with Gasteiger partial charge in [-0.2, -0.15) is 0 Å². The maximum atomic E-state index is 12.4. The molecule has 1 unspecified atom stereocenters. The van der Waals surface area contributed by atoms with Gasteiger partial charge >= 0.3 is 0 Å². The lowest BCUT2D eigenvalue weighted by atomic mass is 10.3. The number of thiol groups is 1. The molecule has 1 aromatic rings. The minimum atomic E-state index is -1.49. The molecule has 0 fully saturated rings. The van der Waals surface area contributed by atoms with E-state index in [1.54, 1.807) is 24.3 Å². The fourth-order valence-corrected chi connectivity index (χ4v) is 0.936. The Morgan fingerprint density at radius 1 is 1.46 bits per heavy atom. The third-order valence-electron chi connectivity index (χ3n) is 1.50. The molecular formula is C9H10FNOS. The Morgan fingerprint density at radius 3 is 2.46 bits per heavy atom. The number of rotatable bonds is 2. The summed E-state index contributed by atoms with van der Waals surface area (Å²) in [6.45, 7) is 1.20. The van der Waals surface area contributed by atoms with Crippen LogP contribution in [0, 0.1) is 0 Å². The average molecular weight is 199 g/mol. The molecule has 0 spiro atoms. The number of nitrogens with one attached hydrogen (secondary N) is 1. The van der Waals surface area contributed by atoms with Crippen molar-refractivity contribution in [2.24, 2.45) is 0 Å². The average Bonchev–Trinajstić information content (AvgIpc) is 2.08. The van der Waals surface area contributed by atoms with Crippen molar-refractivity contribution in [3.05, 3.63) is 24.3 Å². The van der Waals surface area contributed by atoms with E-state index in [1.165, 1.54) is 6.92 Å². The number of carbonyl (C=O) groups is 1. The topological polar surface area (TPSA) is 29.1 Å². The summed E-state index contributed by atoms with van der Waals surface area (Å²) in [6.07, 6.45) is -1.49. The van der Waals surface area contributed by atoms with Crippen molar-refractivity contribution in [1.82, 2.24) is 0 Å². The number of alkyl halides is 1. The third-order valence-corrected chi connectivity index (χ3v) is 1.79. The quantitative estimate of drug-likeness (QED) is 0.703. The Hall–Kier alpha value is -1.03. The van der Waals surface area contributed by atoms with Gasteiger partial charge in [-0.1, -0.05) is 0 Å². The van der Waals surface area contributed by atoms with Crippen molar-refractivity contribution in [3.8, 4) is 0 Å². The summed E-state index contributed by atoms with van der Waals surface area (Å²) in [6, 6.07) is 6.79. The van der Waals surface area contributed by atoms with Gasteiger partial charge in [0.2, 0.25) is 0 Å². The zero-order chi connectivity index (χ0) is 9.84. The first kappa shape index (κ1) is 10.1. The Balaban J connectivity index is 2.65. The number of carbonyl (C=O) groups excluding carboxylic acids is 1. The minimum Gasteiger partial charge on any atom is -0.324 e. The van der Waals surface area contributed by atoms with Crippen LogP contribution in [-0.2, 0) is 4.79 Å². The van der Waals surface area contributed by atoms with Crippen LogP contribution in [0.2, 0.25) is 0 Å². The summed E-state index contributed by atoms with van der Waals surface area (Å²) in [7, 11) is 0. The van der Waals surface area contributed by atoms with Gasteiger partial charge in [0.1, 0.15) is 0 Å². The Morgan fingerprint density at radius 2 is 2.00 bits per heavy atom. The van der Waals surface area contributed by atoms with Gasteiger partial charge in [0.25, 0.3) is 5.91 Å². The fourth-order valence-electron chi connectivity index (χ4n) is 0.786. The van der Waals surface area contributed by atoms with E-state index in [1.807, 2.05) is 0 Å². The molecule has 0 bridgehead atoms. The largest absolute Gasteiger partial charge is 0.324 e. The Bertz CT molecular complexity index is 297. The number of hydrogen-bond donors (Lipinski definition) is 2. The van der Waals surface area contributed by atoms with Crippen LogP contribution in [0.5, 0.6) is 0 Å². The van der Waals surface area contributed by atoms with E-state index in [0.29, 0.717) is 5.69 Å². The predicted molar refractivity (Wildman–Crippen MR) is 52.9 cm³/mol. The molecule has 2 nitrogen and oxygen atoms in total. The molecule has 0 aliphatic heterocycles. The lowest BCUT2D eigenvalue weighted by Crippen LogP contribution is -2.20. The van der Waals surface area contributed by atoms with E-state index < -0.39 is 12.1 Å². The van der Waals surface area contributed by atoms with Gasteiger partial charge in [-0.25, -0.2) is 4.39 Å². The molecule has 0 radical (unpaired) electrons. The highest BCUT2D eigenvalue weighted by Crippen LogP contribution is 2.12. The summed E-state index contributed by atoms with van der Waals surface area (Å²) >= 11 is 4.08. The van der Waals surface area contributed by atoms with E-state index >= 15 is 0 Å². The molecule has 13 heavy (non-hydrogen) atoms. The van der Waals surface area contributed by atoms with Crippen molar-refractivity contribution in [1.29, 1.82) is 0 Å². The van der Waals surface area contributed by atoms with Crippen LogP contribution < -0.4 is 5.32 Å². The molecule has 70 valence electrons. The van der Waals surface area contributed by atoms with E-state index in [4.69, 9.17) is 0 Å². The lowest BCUT2D eigenvalue weighted by molar-refractivity contribution is -0.120. The SMILES string of the molecule is CC(F)C(=O)Nc1ccc(S)cc1. The highest BCUT2D eigenvalue weighted by molar-refractivity contribution is 7.80. The van der Waals surface area contributed by atoms with Gasteiger partial charge < -0.3 is 5.32 Å². The first-order valence-corrected chi connectivity index (χ1v) is 4.28. The summed E-state index contributed by atoms with van der Waals surface area (Å²) in [5, 5.41) is 2.42. The molecule has 1 N–H and O–H groups in total. The molecule has 0 saturated carbocycles. The monoisotopic (exact) mass is 199 g/mol. The van der Waals surface area contributed by atoms with Crippen molar-refractivity contribution in [3.63, 3.8) is 0 Å². The normalized spacial score (nSPS) is 12.2. The maximum Gasteiger partial charge on any atom is 0.258 e. The molecule has 0 aliphatic rings. The van der Waals surface area contributed by atoms with Crippen LogP contribution in [0.15, 0.2) is 29.2 Å². The molecule has 1 aromatic carbocycles. The van der Waals surface area contributed by atoms with Crippen LogP contribution >= 0.6 is 12.6 Å². The zero-order valence-electron chi connectivity index (χ0n) is 7.12. The number of anilines is 1. The summed E-state index contributed by atoms with van der Waals surface area (Å²) in [4.78, 5) is 11.7. The highest BCUT2D eigenvalue weighted by atomic mass is 32.1. The smallest absolute Gasteiger partial charge is 0.258 e. The van der Waals surface area contributed by atoms with Gasteiger partial charge in [0, 0.05) is 10.6 Å². The standard InChI is InChI=1S/C9H10FNOS/c1-6(10)9(12)11-7-2-4-8(13)5-3-7/h2-6,13H,1H3,(H,11,12). The van der Waals surface area contributed by atoms with Gasteiger partial charge in [-0.05, 0) is 31.2 Å². The van der Waals surface area contributed by atoms with E-state index in [9.17, 15) is 9.18 Å². The van der Waals surface area contributed by atoms with Crippen molar-refractivity contribution < 1.29 is 9.18 Å². The Labute approximate surface area is 81.6 Å². The first-order chi connectivity index (χ1) is 6.09. The van der Waals surface area contributed by atoms with Gasteiger partial charge in [0.05, 0.1) is 0 Å². The number of halogens is 1. The first-order valence-electron chi connectivity index (χ1n) is 3.83. The summed E-state index contributed by atoms with van der Waals surface area (Å²) in [5.41, 5.74) is 0.576. The molecule has 0 saturated heterocycles. The third kappa shape index (κ3) is 3.06. The number of amides is 1. The van der Waals surface area contributed by atoms with E-state index in [-0.39, 0.29) is 0 Å². The molecular weight excluding hydrogens is 189 g/mol. The highest BCUT2D eigenvalue weighted by Gasteiger charge is 2.09. The van der Waals surface area contributed by atoms with Gasteiger partial charge in [-0.3, -0.25) is 4.79 Å². The second-order valence-corrected chi connectivity index (χ2v) is 3.17. The number of benzene rings is 1. The van der Waals surface area contributed by atoms with Crippen LogP contribution in [0.3, 0.4) is 0 Å². The van der Waals surface area contributed by atoms with Crippen molar-refractivity contribution >= 4 is 24.2 Å². The Kier molecular flexibility index (Phi) is 3.31. The van der Waals surface area contributed by atoms with E-state index in [2.05, 4.69) is 17.9 Å². The predicted octanol–water partition coefficient (Wildman–Crippen LogP) is 2.27. The second-order valence-electron chi connectivity index (χ2n) is 2.65. The summed E-state index contributed by atoms with van der Waals surface area (Å²) in [5.74, 6) is -0.632. The zero-order valence-corrected chi connectivity index (χ0v) is 8.01.